The van der Waals surface area contributed by atoms with Gasteiger partial charge in [0.25, 0.3) is 0 Å². The molecule has 3 aromatic rings. The molecule has 2 fully saturated rings. The zero-order valence-corrected chi connectivity index (χ0v) is 24.8. The van der Waals surface area contributed by atoms with Gasteiger partial charge in [-0.25, -0.2) is 13.4 Å². The summed E-state index contributed by atoms with van der Waals surface area (Å²) in [6, 6.07) is 12.5. The highest BCUT2D eigenvalue weighted by atomic mass is 35.5. The van der Waals surface area contributed by atoms with Gasteiger partial charge in [0.05, 0.1) is 18.6 Å². The number of halogens is 2. The van der Waals surface area contributed by atoms with Crippen LogP contribution in [0, 0.1) is 5.92 Å². The van der Waals surface area contributed by atoms with Gasteiger partial charge in [0, 0.05) is 18.5 Å². The molecule has 5 rings (SSSR count). The number of benzene rings is 2. The van der Waals surface area contributed by atoms with Crippen LogP contribution in [-0.2, 0) is 26.0 Å². The van der Waals surface area contributed by atoms with Crippen molar-refractivity contribution in [3.8, 4) is 11.5 Å². The maximum absolute atomic E-state index is 13.7. The first kappa shape index (κ1) is 31.1. The summed E-state index contributed by atoms with van der Waals surface area (Å²) in [6.45, 7) is 0.806. The Morgan fingerprint density at radius 1 is 1.05 bits per heavy atom. The van der Waals surface area contributed by atoms with Crippen LogP contribution in [0.5, 0.6) is 11.5 Å². The van der Waals surface area contributed by atoms with Gasteiger partial charge < -0.3 is 19.7 Å². The van der Waals surface area contributed by atoms with Crippen molar-refractivity contribution in [2.75, 3.05) is 20.3 Å². The summed E-state index contributed by atoms with van der Waals surface area (Å²) >= 11 is 12.9. The molecule has 1 aromatic heterocycles. The molecular weight excluding hydrogens is 591 g/mol. The number of methoxy groups -OCH3 is 1. The van der Waals surface area contributed by atoms with Crippen molar-refractivity contribution < 1.29 is 37.9 Å². The number of carbonyl (C=O) groups excluding carboxylic acids is 1. The van der Waals surface area contributed by atoms with E-state index >= 15 is 0 Å². The van der Waals surface area contributed by atoms with Crippen LogP contribution in [0.2, 0.25) is 10.0 Å². The van der Waals surface area contributed by atoms with Gasteiger partial charge in [-0.1, -0.05) is 47.5 Å². The fourth-order valence-corrected chi connectivity index (χ4v) is 6.99. The highest BCUT2D eigenvalue weighted by Gasteiger charge is 2.41. The molecule has 41 heavy (non-hydrogen) atoms. The number of esters is 1. The Kier molecular flexibility index (Phi) is 10.1. The molecule has 1 aliphatic carbocycles. The fourth-order valence-electron chi connectivity index (χ4n) is 4.79. The summed E-state index contributed by atoms with van der Waals surface area (Å²) in [5.41, 5.74) is 1.24. The van der Waals surface area contributed by atoms with E-state index in [9.17, 15) is 13.2 Å². The van der Waals surface area contributed by atoms with Gasteiger partial charge in [0.15, 0.2) is 23.9 Å². The molecular formula is C29H32Cl2N2O7S. The molecule has 0 spiro atoms. The summed E-state index contributed by atoms with van der Waals surface area (Å²) in [6.07, 6.45) is 5.73. The maximum Gasteiger partial charge on any atom is 0.325 e. The zero-order valence-electron chi connectivity index (χ0n) is 22.5. The van der Waals surface area contributed by atoms with Crippen LogP contribution >= 0.6 is 23.2 Å². The second kappa shape index (κ2) is 13.4. The summed E-state index contributed by atoms with van der Waals surface area (Å²) in [7, 11) is -2.31. The van der Waals surface area contributed by atoms with Crippen molar-refractivity contribution >= 4 is 39.2 Å². The predicted molar refractivity (Wildman–Crippen MR) is 152 cm³/mol. The molecule has 2 aromatic carbocycles. The van der Waals surface area contributed by atoms with E-state index in [2.05, 4.69) is 4.98 Å². The summed E-state index contributed by atoms with van der Waals surface area (Å²) < 4.78 is 45.6. The number of ether oxygens (including phenoxy) is 3. The zero-order chi connectivity index (χ0) is 28.3. The Morgan fingerprint density at radius 3 is 2.41 bits per heavy atom. The van der Waals surface area contributed by atoms with E-state index in [0.717, 1.165) is 12.8 Å². The third kappa shape index (κ3) is 7.13. The van der Waals surface area contributed by atoms with Crippen LogP contribution in [0.1, 0.15) is 42.9 Å². The van der Waals surface area contributed by atoms with Crippen molar-refractivity contribution in [1.82, 2.24) is 4.31 Å². The van der Waals surface area contributed by atoms with Crippen molar-refractivity contribution in [1.29, 1.82) is 0 Å². The lowest BCUT2D eigenvalue weighted by Gasteiger charge is -2.26. The molecule has 2 aliphatic rings. The van der Waals surface area contributed by atoms with Crippen molar-refractivity contribution in [3.05, 3.63) is 82.1 Å². The lowest BCUT2D eigenvalue weighted by atomic mass is 10.0. The molecule has 0 unspecified atom stereocenters. The lowest BCUT2D eigenvalue weighted by molar-refractivity contribution is -0.377. The van der Waals surface area contributed by atoms with E-state index in [-0.39, 0.29) is 23.3 Å². The minimum atomic E-state index is -3.88. The maximum atomic E-state index is 13.7. The summed E-state index contributed by atoms with van der Waals surface area (Å²) in [4.78, 5) is 16.7. The van der Waals surface area contributed by atoms with Crippen LogP contribution in [0.25, 0.3) is 0 Å². The Labute approximate surface area is 249 Å². The summed E-state index contributed by atoms with van der Waals surface area (Å²) in [5.74, 6) is 1.00. The van der Waals surface area contributed by atoms with Gasteiger partial charge in [-0.2, -0.15) is 4.31 Å². The van der Waals surface area contributed by atoms with Crippen molar-refractivity contribution in [3.63, 3.8) is 0 Å². The number of nitrogens with zero attached hydrogens (tertiary/aromatic N) is 1. The van der Waals surface area contributed by atoms with Crippen molar-refractivity contribution in [2.45, 2.75) is 49.1 Å². The van der Waals surface area contributed by atoms with Gasteiger partial charge in [-0.05, 0) is 61.4 Å². The van der Waals surface area contributed by atoms with Crippen LogP contribution in [-0.4, -0.2) is 50.5 Å². The van der Waals surface area contributed by atoms with E-state index < -0.39 is 28.1 Å². The second-order valence-electron chi connectivity index (χ2n) is 10.0. The van der Waals surface area contributed by atoms with E-state index in [1.54, 1.807) is 55.9 Å². The third-order valence-electron chi connectivity index (χ3n) is 7.20. The Bertz CT molecular complexity index is 1450. The molecule has 2 heterocycles. The Balaban J connectivity index is 0.00000387. The Hall–Kier alpha value is -2.89. The number of pyridine rings is 1. The highest BCUT2D eigenvalue weighted by Crippen LogP contribution is 2.38. The largest absolute Gasteiger partial charge is 0.870 e. The molecule has 1 aliphatic heterocycles. The van der Waals surface area contributed by atoms with Gasteiger partial charge in [0.1, 0.15) is 22.2 Å². The van der Waals surface area contributed by atoms with Crippen LogP contribution in [0.4, 0.5) is 0 Å². The standard InChI is InChI=1S/C29H30Cl2N2O6S.H2O/c1-37-26-12-11-20(14-28(26)38-18-19-9-10-19)27(15-22-23(30)16-32-17-24(22)31)39-29(34)25-8-5-13-33(25)40(35,36)21-6-3-2-4-7-21;/h2-4,6-7,11-12,14,16-17,19,25,27H,5,8-10,13,15,18H2,1H3;1H2/t25-,27-;/m0./s1. The average molecular weight is 624 g/mol. The summed E-state index contributed by atoms with van der Waals surface area (Å²) in [5, 5.41) is 0.780. The normalized spacial score (nSPS) is 17.9. The number of carbonyl (C=O) groups is 1. The van der Waals surface area contributed by atoms with E-state index in [0.29, 0.717) is 58.0 Å². The molecule has 2 N–H and O–H groups in total. The smallest absolute Gasteiger partial charge is 0.325 e. The number of nitrogens with one attached hydrogen (secondary N) is 1. The van der Waals surface area contributed by atoms with E-state index in [1.165, 1.54) is 16.4 Å². The van der Waals surface area contributed by atoms with Crippen LogP contribution < -0.4 is 14.5 Å². The molecule has 9 nitrogen and oxygen atoms in total. The molecule has 0 bridgehead atoms. The first-order valence-corrected chi connectivity index (χ1v) is 15.4. The molecule has 1 saturated carbocycles. The van der Waals surface area contributed by atoms with Gasteiger partial charge in [-0.3, -0.25) is 4.79 Å². The molecule has 0 radical (unpaired) electrons. The van der Waals surface area contributed by atoms with Gasteiger partial charge in [0.2, 0.25) is 10.0 Å². The molecule has 2 atom stereocenters. The quantitative estimate of drug-likeness (QED) is 0.272. The molecule has 220 valence electrons. The van der Waals surface area contributed by atoms with Gasteiger partial charge >= 0.3 is 5.97 Å². The topological polar surface area (TPSA) is 126 Å². The third-order valence-corrected chi connectivity index (χ3v) is 9.80. The number of hydrogen-bond donors (Lipinski definition) is 0. The minimum Gasteiger partial charge on any atom is -0.870 e. The average Bonchev–Trinajstić information content (AvgIpc) is 3.65. The lowest BCUT2D eigenvalue weighted by Crippen LogP contribution is -2.41. The van der Waals surface area contributed by atoms with Crippen molar-refractivity contribution in [2.24, 2.45) is 5.92 Å². The SMILES string of the molecule is COc1ccc([C@H](Cc2c(Cl)c[nH+]cc2Cl)OC(=O)[C@@H]2CCCN2S(=O)(=O)c2ccccc2)cc1OCC1CC1.[OH-]. The van der Waals surface area contributed by atoms with Crippen LogP contribution in [0.3, 0.4) is 0 Å². The van der Waals surface area contributed by atoms with E-state index in [4.69, 9.17) is 37.4 Å². The van der Waals surface area contributed by atoms with Gasteiger partial charge in [-0.15, -0.1) is 0 Å². The molecule has 0 amide bonds. The first-order valence-electron chi connectivity index (χ1n) is 13.2. The van der Waals surface area contributed by atoms with Crippen LogP contribution in [0.15, 0.2) is 65.8 Å². The molecule has 1 saturated heterocycles. The number of H-pyrrole nitrogens is 1. The number of aromatic amines is 1. The number of rotatable bonds is 11. The minimum absolute atomic E-state index is 0. The monoisotopic (exact) mass is 622 g/mol. The Morgan fingerprint density at radius 2 is 1.76 bits per heavy atom. The highest BCUT2D eigenvalue weighted by molar-refractivity contribution is 7.89. The van der Waals surface area contributed by atoms with E-state index in [1.807, 2.05) is 0 Å². The number of hydrogen-bond acceptors (Lipinski definition) is 7. The second-order valence-corrected chi connectivity index (χ2v) is 12.7. The first-order chi connectivity index (χ1) is 19.3. The number of sulfonamides is 1. The molecule has 12 heteroatoms. The fraction of sp³-hybridized carbons (Fsp3) is 0.379. The number of aromatic nitrogens is 1. The predicted octanol–water partition coefficient (Wildman–Crippen LogP) is 5.11.